The molecule has 0 saturated carbocycles. The van der Waals surface area contributed by atoms with E-state index in [-0.39, 0.29) is 5.91 Å². The SMILES string of the molecule is C=CC(=O)NCc1cccnc1. The molecular weight excluding hydrogens is 152 g/mol. The van der Waals surface area contributed by atoms with E-state index < -0.39 is 0 Å². The molecule has 0 unspecified atom stereocenters. The molecule has 3 nitrogen and oxygen atoms in total. The topological polar surface area (TPSA) is 42.0 Å². The fourth-order valence-electron chi connectivity index (χ4n) is 0.764. The van der Waals surface area contributed by atoms with Crippen molar-refractivity contribution in [3.8, 4) is 0 Å². The van der Waals surface area contributed by atoms with Crippen molar-refractivity contribution in [3.63, 3.8) is 0 Å². The van der Waals surface area contributed by atoms with Gasteiger partial charge in [-0.2, -0.15) is 0 Å². The molecule has 12 heavy (non-hydrogen) atoms. The highest BCUT2D eigenvalue weighted by molar-refractivity contribution is 5.86. The van der Waals surface area contributed by atoms with E-state index >= 15 is 0 Å². The minimum absolute atomic E-state index is 0.168. The molecule has 0 bridgehead atoms. The van der Waals surface area contributed by atoms with Crippen LogP contribution in [0.3, 0.4) is 0 Å². The number of hydrogen-bond donors (Lipinski definition) is 1. The first-order valence-electron chi connectivity index (χ1n) is 3.62. The quantitative estimate of drug-likeness (QED) is 0.670. The maximum Gasteiger partial charge on any atom is 0.243 e. The van der Waals surface area contributed by atoms with E-state index in [2.05, 4.69) is 16.9 Å². The summed E-state index contributed by atoms with van der Waals surface area (Å²) in [5.41, 5.74) is 0.979. The highest BCUT2D eigenvalue weighted by atomic mass is 16.1. The van der Waals surface area contributed by atoms with Gasteiger partial charge in [0.25, 0.3) is 0 Å². The maximum atomic E-state index is 10.7. The summed E-state index contributed by atoms with van der Waals surface area (Å²) in [5, 5.41) is 2.65. The van der Waals surface area contributed by atoms with Gasteiger partial charge in [0.05, 0.1) is 0 Å². The predicted octanol–water partition coefficient (Wildman–Crippen LogP) is 0.884. The number of nitrogens with one attached hydrogen (secondary N) is 1. The Morgan fingerprint density at radius 1 is 1.75 bits per heavy atom. The van der Waals surface area contributed by atoms with Gasteiger partial charge in [-0.1, -0.05) is 12.6 Å². The van der Waals surface area contributed by atoms with Crippen LogP contribution in [0.2, 0.25) is 0 Å². The summed E-state index contributed by atoms with van der Waals surface area (Å²) in [4.78, 5) is 14.6. The van der Waals surface area contributed by atoms with E-state index in [1.165, 1.54) is 6.08 Å². The van der Waals surface area contributed by atoms with Crippen molar-refractivity contribution in [2.75, 3.05) is 0 Å². The second-order valence-electron chi connectivity index (χ2n) is 2.28. The van der Waals surface area contributed by atoms with Gasteiger partial charge in [-0.25, -0.2) is 0 Å². The Morgan fingerprint density at radius 2 is 2.58 bits per heavy atom. The third kappa shape index (κ3) is 2.54. The molecule has 0 fully saturated rings. The van der Waals surface area contributed by atoms with Gasteiger partial charge in [0, 0.05) is 18.9 Å². The number of hydrogen-bond acceptors (Lipinski definition) is 2. The van der Waals surface area contributed by atoms with Gasteiger partial charge >= 0.3 is 0 Å². The van der Waals surface area contributed by atoms with Gasteiger partial charge in [-0.05, 0) is 17.7 Å². The standard InChI is InChI=1S/C9H10N2O/c1-2-9(12)11-7-8-4-3-5-10-6-8/h2-6H,1,7H2,(H,11,12). The number of carbonyl (C=O) groups excluding carboxylic acids is 1. The Kier molecular flexibility index (Phi) is 3.02. The molecule has 0 aliphatic heterocycles. The molecule has 1 aromatic heterocycles. The van der Waals surface area contributed by atoms with Gasteiger partial charge in [-0.15, -0.1) is 0 Å². The molecule has 0 aliphatic rings. The number of pyridine rings is 1. The molecule has 0 aliphatic carbocycles. The first kappa shape index (κ1) is 8.46. The Balaban J connectivity index is 2.43. The van der Waals surface area contributed by atoms with Crippen LogP contribution in [0.15, 0.2) is 37.2 Å². The molecule has 1 rings (SSSR count). The lowest BCUT2D eigenvalue weighted by molar-refractivity contribution is -0.116. The Morgan fingerprint density at radius 3 is 3.17 bits per heavy atom. The van der Waals surface area contributed by atoms with E-state index in [1.807, 2.05) is 12.1 Å². The van der Waals surface area contributed by atoms with Crippen LogP contribution in [0.1, 0.15) is 5.56 Å². The van der Waals surface area contributed by atoms with E-state index in [0.29, 0.717) is 6.54 Å². The summed E-state index contributed by atoms with van der Waals surface area (Å²) in [6.45, 7) is 3.84. The normalized spacial score (nSPS) is 9.00. The molecule has 1 amide bonds. The molecule has 1 aromatic rings. The van der Waals surface area contributed by atoms with Gasteiger partial charge in [0.1, 0.15) is 0 Å². The zero-order valence-electron chi connectivity index (χ0n) is 6.66. The fraction of sp³-hybridized carbons (Fsp3) is 0.111. The van der Waals surface area contributed by atoms with Gasteiger partial charge in [-0.3, -0.25) is 9.78 Å². The first-order valence-corrected chi connectivity index (χ1v) is 3.62. The number of amides is 1. The number of nitrogens with zero attached hydrogens (tertiary/aromatic N) is 1. The van der Waals surface area contributed by atoms with Crippen molar-refractivity contribution < 1.29 is 4.79 Å². The molecule has 62 valence electrons. The smallest absolute Gasteiger partial charge is 0.243 e. The summed E-state index contributed by atoms with van der Waals surface area (Å²) in [5.74, 6) is -0.168. The number of carbonyl (C=O) groups is 1. The zero-order valence-corrected chi connectivity index (χ0v) is 6.66. The molecule has 0 radical (unpaired) electrons. The molecule has 1 N–H and O–H groups in total. The minimum atomic E-state index is -0.168. The third-order valence-corrected chi connectivity index (χ3v) is 1.37. The largest absolute Gasteiger partial charge is 0.348 e. The highest BCUT2D eigenvalue weighted by Gasteiger charge is 1.93. The van der Waals surface area contributed by atoms with Crippen LogP contribution in [-0.2, 0) is 11.3 Å². The molecular formula is C9H10N2O. The van der Waals surface area contributed by atoms with Gasteiger partial charge in [0.2, 0.25) is 5.91 Å². The molecule has 0 spiro atoms. The van der Waals surface area contributed by atoms with Crippen molar-refractivity contribution >= 4 is 5.91 Å². The summed E-state index contributed by atoms with van der Waals surface area (Å²) in [6.07, 6.45) is 4.65. The third-order valence-electron chi connectivity index (χ3n) is 1.37. The van der Waals surface area contributed by atoms with Crippen molar-refractivity contribution in [2.24, 2.45) is 0 Å². The molecule has 0 saturated heterocycles. The van der Waals surface area contributed by atoms with Crippen LogP contribution in [0.4, 0.5) is 0 Å². The van der Waals surface area contributed by atoms with Crippen LogP contribution in [0, 0.1) is 0 Å². The van der Waals surface area contributed by atoms with E-state index in [4.69, 9.17) is 0 Å². The lowest BCUT2D eigenvalue weighted by Gasteiger charge is -2.00. The van der Waals surface area contributed by atoms with Crippen LogP contribution < -0.4 is 5.32 Å². The van der Waals surface area contributed by atoms with Gasteiger partial charge in [0.15, 0.2) is 0 Å². The minimum Gasteiger partial charge on any atom is -0.348 e. The molecule has 0 aromatic carbocycles. The molecule has 3 heteroatoms. The Labute approximate surface area is 71.1 Å². The van der Waals surface area contributed by atoms with E-state index in [1.54, 1.807) is 12.4 Å². The van der Waals surface area contributed by atoms with Crippen molar-refractivity contribution in [3.05, 3.63) is 42.7 Å². The Bertz CT molecular complexity index is 269. The van der Waals surface area contributed by atoms with Crippen molar-refractivity contribution in [2.45, 2.75) is 6.54 Å². The van der Waals surface area contributed by atoms with Gasteiger partial charge < -0.3 is 5.32 Å². The average molecular weight is 162 g/mol. The van der Waals surface area contributed by atoms with Crippen molar-refractivity contribution in [1.29, 1.82) is 0 Å². The van der Waals surface area contributed by atoms with Crippen molar-refractivity contribution in [1.82, 2.24) is 10.3 Å². The number of aromatic nitrogens is 1. The molecule has 1 heterocycles. The molecule has 0 atom stereocenters. The maximum absolute atomic E-state index is 10.7. The van der Waals surface area contributed by atoms with E-state index in [0.717, 1.165) is 5.56 Å². The predicted molar refractivity (Wildman–Crippen MR) is 46.3 cm³/mol. The Hall–Kier alpha value is -1.64. The van der Waals surface area contributed by atoms with E-state index in [9.17, 15) is 4.79 Å². The lowest BCUT2D eigenvalue weighted by atomic mass is 10.3. The zero-order chi connectivity index (χ0) is 8.81. The van der Waals surface area contributed by atoms with Crippen LogP contribution >= 0.6 is 0 Å². The summed E-state index contributed by atoms with van der Waals surface area (Å²) in [6, 6.07) is 3.73. The second-order valence-corrected chi connectivity index (χ2v) is 2.28. The lowest BCUT2D eigenvalue weighted by Crippen LogP contribution is -2.19. The first-order chi connectivity index (χ1) is 5.83. The monoisotopic (exact) mass is 162 g/mol. The van der Waals surface area contributed by atoms with Crippen LogP contribution in [0.25, 0.3) is 0 Å². The summed E-state index contributed by atoms with van der Waals surface area (Å²) >= 11 is 0. The summed E-state index contributed by atoms with van der Waals surface area (Å²) < 4.78 is 0. The van der Waals surface area contributed by atoms with Crippen LogP contribution in [-0.4, -0.2) is 10.9 Å². The second kappa shape index (κ2) is 4.28. The summed E-state index contributed by atoms with van der Waals surface area (Å²) in [7, 11) is 0. The highest BCUT2D eigenvalue weighted by Crippen LogP contribution is 1.93. The van der Waals surface area contributed by atoms with Crippen LogP contribution in [0.5, 0.6) is 0 Å². The number of rotatable bonds is 3. The fourth-order valence-corrected chi connectivity index (χ4v) is 0.764. The average Bonchev–Trinajstić information content (AvgIpc) is 2.16.